The molecule has 0 saturated carbocycles. The summed E-state index contributed by atoms with van der Waals surface area (Å²) >= 11 is 0. The number of benzene rings is 1. The van der Waals surface area contributed by atoms with Gasteiger partial charge in [0, 0.05) is 13.5 Å². The highest BCUT2D eigenvalue weighted by atomic mass is 16.5. The van der Waals surface area contributed by atoms with Gasteiger partial charge >= 0.3 is 0 Å². The zero-order valence-corrected chi connectivity index (χ0v) is 9.40. The third-order valence-electron chi connectivity index (χ3n) is 2.52. The molecule has 1 aromatic carbocycles. The number of ketones is 1. The number of carbonyl (C=O) groups is 1. The van der Waals surface area contributed by atoms with Crippen LogP contribution in [0.15, 0.2) is 30.3 Å². The van der Waals surface area contributed by atoms with Gasteiger partial charge in [0.1, 0.15) is 6.10 Å². The predicted octanol–water partition coefficient (Wildman–Crippen LogP) is 2.61. The minimum Gasteiger partial charge on any atom is -0.374 e. The summed E-state index contributed by atoms with van der Waals surface area (Å²) in [5.74, 6) is 0.198. The van der Waals surface area contributed by atoms with Crippen LogP contribution in [-0.2, 0) is 16.0 Å². The molecule has 0 aliphatic rings. The average Bonchev–Trinajstić information content (AvgIpc) is 2.29. The lowest BCUT2D eigenvalue weighted by atomic mass is 10.0. The Hall–Kier alpha value is -1.15. The van der Waals surface area contributed by atoms with Crippen molar-refractivity contribution in [2.45, 2.75) is 32.3 Å². The smallest absolute Gasteiger partial charge is 0.161 e. The maximum Gasteiger partial charge on any atom is 0.161 e. The molecule has 0 radical (unpaired) electrons. The highest BCUT2D eigenvalue weighted by molar-refractivity contribution is 5.83. The highest BCUT2D eigenvalue weighted by Crippen LogP contribution is 2.07. The number of carbonyl (C=O) groups excluding carboxylic acids is 1. The zero-order valence-electron chi connectivity index (χ0n) is 9.40. The first-order valence-electron chi connectivity index (χ1n) is 5.37. The van der Waals surface area contributed by atoms with Crippen molar-refractivity contribution in [1.29, 1.82) is 0 Å². The summed E-state index contributed by atoms with van der Waals surface area (Å²) in [6, 6.07) is 10.1. The Morgan fingerprint density at radius 1 is 1.33 bits per heavy atom. The molecule has 82 valence electrons. The van der Waals surface area contributed by atoms with Crippen LogP contribution in [-0.4, -0.2) is 19.0 Å². The fraction of sp³-hybridized carbons (Fsp3) is 0.462. The Bertz CT molecular complexity index is 289. The van der Waals surface area contributed by atoms with Gasteiger partial charge in [-0.25, -0.2) is 0 Å². The minimum absolute atomic E-state index is 0.198. The normalized spacial score (nSPS) is 12.4. The van der Waals surface area contributed by atoms with Crippen molar-refractivity contribution >= 4 is 5.78 Å². The second-order valence-electron chi connectivity index (χ2n) is 3.58. The molecule has 15 heavy (non-hydrogen) atoms. The van der Waals surface area contributed by atoms with Crippen LogP contribution in [0.1, 0.15) is 25.3 Å². The van der Waals surface area contributed by atoms with E-state index in [1.165, 1.54) is 5.56 Å². The van der Waals surface area contributed by atoms with E-state index < -0.39 is 0 Å². The van der Waals surface area contributed by atoms with E-state index in [1.54, 1.807) is 7.11 Å². The van der Waals surface area contributed by atoms with E-state index in [1.807, 2.05) is 37.3 Å². The van der Waals surface area contributed by atoms with Crippen LogP contribution >= 0.6 is 0 Å². The molecule has 0 amide bonds. The van der Waals surface area contributed by atoms with Crippen molar-refractivity contribution in [3.8, 4) is 0 Å². The number of rotatable bonds is 6. The van der Waals surface area contributed by atoms with Crippen LogP contribution in [0.5, 0.6) is 0 Å². The van der Waals surface area contributed by atoms with Crippen LogP contribution in [0.4, 0.5) is 0 Å². The molecular weight excluding hydrogens is 188 g/mol. The second kappa shape index (κ2) is 6.36. The largest absolute Gasteiger partial charge is 0.374 e. The number of hydrogen-bond donors (Lipinski definition) is 0. The molecule has 2 nitrogen and oxygen atoms in total. The van der Waals surface area contributed by atoms with Gasteiger partial charge in [-0.15, -0.1) is 0 Å². The molecule has 0 aromatic heterocycles. The van der Waals surface area contributed by atoms with E-state index in [-0.39, 0.29) is 11.9 Å². The average molecular weight is 206 g/mol. The number of hydrogen-bond acceptors (Lipinski definition) is 2. The Kier molecular flexibility index (Phi) is 5.05. The third-order valence-corrected chi connectivity index (χ3v) is 2.52. The fourth-order valence-corrected chi connectivity index (χ4v) is 1.60. The number of Topliss-reactive ketones (excluding diaryl/α,β-unsaturated/α-hetero) is 1. The topological polar surface area (TPSA) is 26.3 Å². The molecule has 0 spiro atoms. The van der Waals surface area contributed by atoms with Gasteiger partial charge in [0.25, 0.3) is 0 Å². The van der Waals surface area contributed by atoms with Gasteiger partial charge in [0.15, 0.2) is 5.78 Å². The number of ether oxygens (including phenoxy) is 1. The molecule has 0 fully saturated rings. The molecule has 2 heteroatoms. The molecule has 0 saturated heterocycles. The molecular formula is C13H18O2. The first-order chi connectivity index (χ1) is 7.27. The summed E-state index contributed by atoms with van der Waals surface area (Å²) in [6.07, 6.45) is 1.90. The molecule has 0 aliphatic heterocycles. The first kappa shape index (κ1) is 11.9. The van der Waals surface area contributed by atoms with Gasteiger partial charge in [0.2, 0.25) is 0 Å². The SMILES string of the molecule is CCC(OC)C(=O)CCc1ccccc1. The van der Waals surface area contributed by atoms with Crippen molar-refractivity contribution in [3.05, 3.63) is 35.9 Å². The van der Waals surface area contributed by atoms with Crippen LogP contribution in [0, 0.1) is 0 Å². The molecule has 1 aromatic rings. The lowest BCUT2D eigenvalue weighted by Crippen LogP contribution is -2.22. The lowest BCUT2D eigenvalue weighted by molar-refractivity contribution is -0.128. The van der Waals surface area contributed by atoms with Gasteiger partial charge in [-0.3, -0.25) is 4.79 Å². The van der Waals surface area contributed by atoms with Crippen LogP contribution < -0.4 is 0 Å². The van der Waals surface area contributed by atoms with E-state index in [0.717, 1.165) is 12.8 Å². The Morgan fingerprint density at radius 2 is 2.00 bits per heavy atom. The van der Waals surface area contributed by atoms with Crippen LogP contribution in [0.3, 0.4) is 0 Å². The molecule has 0 N–H and O–H groups in total. The summed E-state index contributed by atoms with van der Waals surface area (Å²) < 4.78 is 5.10. The van der Waals surface area contributed by atoms with Crippen LogP contribution in [0.2, 0.25) is 0 Å². The maximum atomic E-state index is 11.7. The number of methoxy groups -OCH3 is 1. The Morgan fingerprint density at radius 3 is 2.53 bits per heavy atom. The quantitative estimate of drug-likeness (QED) is 0.715. The van der Waals surface area contributed by atoms with Crippen LogP contribution in [0.25, 0.3) is 0 Å². The molecule has 0 heterocycles. The third kappa shape index (κ3) is 3.84. The monoisotopic (exact) mass is 206 g/mol. The fourth-order valence-electron chi connectivity index (χ4n) is 1.60. The molecule has 1 unspecified atom stereocenters. The van der Waals surface area contributed by atoms with Gasteiger partial charge in [-0.05, 0) is 18.4 Å². The molecule has 0 aliphatic carbocycles. The van der Waals surface area contributed by atoms with Crippen molar-refractivity contribution in [2.75, 3.05) is 7.11 Å². The van der Waals surface area contributed by atoms with Gasteiger partial charge < -0.3 is 4.74 Å². The molecule has 1 rings (SSSR count). The lowest BCUT2D eigenvalue weighted by Gasteiger charge is -2.11. The highest BCUT2D eigenvalue weighted by Gasteiger charge is 2.14. The van der Waals surface area contributed by atoms with Crippen molar-refractivity contribution in [1.82, 2.24) is 0 Å². The van der Waals surface area contributed by atoms with Gasteiger partial charge in [0.05, 0.1) is 0 Å². The van der Waals surface area contributed by atoms with Crippen molar-refractivity contribution in [2.24, 2.45) is 0 Å². The van der Waals surface area contributed by atoms with E-state index in [2.05, 4.69) is 0 Å². The second-order valence-corrected chi connectivity index (χ2v) is 3.58. The Balaban J connectivity index is 2.40. The maximum absolute atomic E-state index is 11.7. The van der Waals surface area contributed by atoms with Crippen molar-refractivity contribution in [3.63, 3.8) is 0 Å². The zero-order chi connectivity index (χ0) is 11.1. The van der Waals surface area contributed by atoms with E-state index in [0.29, 0.717) is 6.42 Å². The van der Waals surface area contributed by atoms with Gasteiger partial charge in [-0.2, -0.15) is 0 Å². The predicted molar refractivity (Wildman–Crippen MR) is 60.9 cm³/mol. The summed E-state index contributed by atoms with van der Waals surface area (Å²) in [5.41, 5.74) is 1.21. The van der Waals surface area contributed by atoms with Gasteiger partial charge in [-0.1, -0.05) is 37.3 Å². The molecule has 0 bridgehead atoms. The van der Waals surface area contributed by atoms with Crippen molar-refractivity contribution < 1.29 is 9.53 Å². The summed E-state index contributed by atoms with van der Waals surface area (Å²) in [4.78, 5) is 11.7. The van der Waals surface area contributed by atoms with E-state index in [4.69, 9.17) is 4.74 Å². The standard InChI is InChI=1S/C13H18O2/c1-3-13(15-2)12(14)10-9-11-7-5-4-6-8-11/h4-8,13H,3,9-10H2,1-2H3. The van der Waals surface area contributed by atoms with E-state index >= 15 is 0 Å². The number of aryl methyl sites for hydroxylation is 1. The summed E-state index contributed by atoms with van der Waals surface area (Å²) in [6.45, 7) is 1.97. The summed E-state index contributed by atoms with van der Waals surface area (Å²) in [7, 11) is 1.59. The Labute approximate surface area is 91.3 Å². The van der Waals surface area contributed by atoms with E-state index in [9.17, 15) is 4.79 Å². The summed E-state index contributed by atoms with van der Waals surface area (Å²) in [5, 5.41) is 0. The molecule has 1 atom stereocenters. The minimum atomic E-state index is -0.228. The first-order valence-corrected chi connectivity index (χ1v) is 5.37.